The third-order valence-corrected chi connectivity index (χ3v) is 5.60. The van der Waals surface area contributed by atoms with Crippen molar-refractivity contribution in [2.45, 2.75) is 50.5 Å². The number of aliphatic hydroxyl groups excluding tert-OH is 2. The van der Waals surface area contributed by atoms with Gasteiger partial charge in [-0.1, -0.05) is 49.6 Å². The van der Waals surface area contributed by atoms with Crippen LogP contribution in [-0.2, 0) is 30.8 Å². The zero-order valence-corrected chi connectivity index (χ0v) is 16.4. The molecule has 0 saturated carbocycles. The van der Waals surface area contributed by atoms with Gasteiger partial charge in [-0.05, 0) is 13.8 Å². The van der Waals surface area contributed by atoms with Crippen LogP contribution in [0.4, 0.5) is 12.9 Å². The number of hydrogen-bond acceptors (Lipinski definition) is 3. The second kappa shape index (κ2) is 49.5. The molecule has 0 amide bonds. The first kappa shape index (κ1) is 38.4. The maximum atomic E-state index is 9.67. The standard InChI is InChI=1S/C4H10O.3C2H5.2CHO2.Al.BF3.Ni/c1-3-5-4-2;3*1-2;2*2-1-3;;2-1(3)4;/h3-4H2,1-2H3;3*1H2,2H3;2*(H,2,3);;;/q;;;;2*-1;;;+2. The van der Waals surface area contributed by atoms with Gasteiger partial charge in [-0.3, -0.25) is 12.9 Å². The van der Waals surface area contributed by atoms with E-state index < -0.39 is 7.54 Å². The average Bonchev–Trinajstić information content (AvgIpc) is 2.43. The summed E-state index contributed by atoms with van der Waals surface area (Å²) in [6.45, 7) is 13.6. The summed E-state index contributed by atoms with van der Waals surface area (Å²) in [7, 11) is -3.67. The predicted octanol–water partition coefficient (Wildman–Crippen LogP) is 3.68. The van der Waals surface area contributed by atoms with Crippen LogP contribution in [0.3, 0.4) is 0 Å². The van der Waals surface area contributed by atoms with Crippen LogP contribution in [0.25, 0.3) is 0 Å². The van der Waals surface area contributed by atoms with Crippen molar-refractivity contribution >= 4 is 34.6 Å². The number of hydrogen-bond donors (Lipinski definition) is 2. The fourth-order valence-electron chi connectivity index (χ4n) is 1.07. The van der Waals surface area contributed by atoms with Crippen molar-refractivity contribution in [2.24, 2.45) is 0 Å². The molecule has 0 atom stereocenters. The first-order chi connectivity index (χ1) is 10.3. The molecular formula is C12H27AlBF3NiO5. The Hall–Kier alpha value is -0.219. The van der Waals surface area contributed by atoms with Crippen LogP contribution < -0.4 is 0 Å². The second-order valence-electron chi connectivity index (χ2n) is 3.30. The third kappa shape index (κ3) is 141. The van der Waals surface area contributed by atoms with E-state index in [9.17, 15) is 12.9 Å². The molecule has 0 aliphatic heterocycles. The largest absolute Gasteiger partial charge is 2.00 e. The SMILES string of the molecule is CCOCC.C[CH2][Al]([CH2]C)[CH2]C.FB(F)F.O=[C-]O.O=[C-]O.[Ni+2]. The van der Waals surface area contributed by atoms with Crippen molar-refractivity contribution in [3.05, 3.63) is 0 Å². The van der Waals surface area contributed by atoms with Gasteiger partial charge in [0.15, 0.2) is 0 Å². The molecule has 0 aromatic rings. The first-order valence-corrected chi connectivity index (χ1v) is 9.30. The molecule has 2 N–H and O–H groups in total. The molecular weight excluding hydrogens is 378 g/mol. The fraction of sp³-hybridized carbons (Fsp3) is 0.833. The van der Waals surface area contributed by atoms with Gasteiger partial charge in [-0.2, -0.15) is 0 Å². The van der Waals surface area contributed by atoms with Gasteiger partial charge >= 0.3 is 24.0 Å². The van der Waals surface area contributed by atoms with Crippen molar-refractivity contribution in [3.8, 4) is 0 Å². The number of halogens is 3. The molecule has 0 aromatic heterocycles. The van der Waals surface area contributed by atoms with Crippen molar-refractivity contribution in [2.75, 3.05) is 13.2 Å². The normalized spacial score (nSPS) is 6.78. The van der Waals surface area contributed by atoms with Gasteiger partial charge in [0.2, 0.25) is 0 Å². The maximum absolute atomic E-state index is 9.67. The van der Waals surface area contributed by atoms with E-state index in [1.807, 2.05) is 13.8 Å². The van der Waals surface area contributed by atoms with Crippen LogP contribution in [-0.4, -0.2) is 58.1 Å². The Morgan fingerprint density at radius 2 is 1.04 bits per heavy atom. The van der Waals surface area contributed by atoms with Crippen LogP contribution in [0.1, 0.15) is 34.6 Å². The molecule has 11 heteroatoms. The van der Waals surface area contributed by atoms with Crippen LogP contribution >= 0.6 is 0 Å². The van der Waals surface area contributed by atoms with E-state index in [2.05, 4.69) is 20.8 Å². The van der Waals surface area contributed by atoms with Gasteiger partial charge in [-0.15, -0.1) is 0 Å². The average molecular weight is 405 g/mol. The molecule has 0 saturated heterocycles. The van der Waals surface area contributed by atoms with Gasteiger partial charge in [0.25, 0.3) is 14.1 Å². The van der Waals surface area contributed by atoms with Crippen molar-refractivity contribution in [1.29, 1.82) is 0 Å². The third-order valence-electron chi connectivity index (χ3n) is 2.14. The van der Waals surface area contributed by atoms with E-state index in [-0.39, 0.29) is 30.6 Å². The quantitative estimate of drug-likeness (QED) is 0.539. The molecule has 0 aromatic carbocycles. The van der Waals surface area contributed by atoms with Crippen LogP contribution in [0, 0.1) is 0 Å². The molecule has 0 aliphatic carbocycles. The topological polar surface area (TPSA) is 83.8 Å². The van der Waals surface area contributed by atoms with Gasteiger partial charge in [0.1, 0.15) is 0 Å². The van der Waals surface area contributed by atoms with Crippen LogP contribution in [0.5, 0.6) is 0 Å². The van der Waals surface area contributed by atoms with Gasteiger partial charge in [-0.25, -0.2) is 0 Å². The summed E-state index contributed by atoms with van der Waals surface area (Å²) in [6, 6.07) is 0. The van der Waals surface area contributed by atoms with Gasteiger partial charge in [0.05, 0.1) is 0 Å². The zero-order chi connectivity index (χ0) is 18.8. The van der Waals surface area contributed by atoms with E-state index in [0.717, 1.165) is 13.2 Å². The minimum atomic E-state index is -3.67. The molecule has 0 radical (unpaired) electrons. The maximum Gasteiger partial charge on any atom is 2.00 e. The molecule has 0 unspecified atom stereocenters. The Bertz CT molecular complexity index is 169. The van der Waals surface area contributed by atoms with E-state index in [4.69, 9.17) is 24.5 Å². The van der Waals surface area contributed by atoms with Gasteiger partial charge < -0.3 is 24.5 Å². The molecule has 23 heavy (non-hydrogen) atoms. The van der Waals surface area contributed by atoms with Crippen molar-refractivity contribution in [3.63, 3.8) is 0 Å². The minimum Gasteiger partial charge on any atom is -0.665 e. The Morgan fingerprint density at radius 3 is 1.04 bits per heavy atom. The summed E-state index contributed by atoms with van der Waals surface area (Å²) in [5.41, 5.74) is 0. The Kier molecular flexibility index (Phi) is 82.6. The summed E-state index contributed by atoms with van der Waals surface area (Å²) in [6.07, 6.45) is 0. The summed E-state index contributed by atoms with van der Waals surface area (Å²) < 4.78 is 33.8. The van der Waals surface area contributed by atoms with E-state index in [1.165, 1.54) is 15.8 Å². The molecule has 5 nitrogen and oxygen atoms in total. The van der Waals surface area contributed by atoms with Crippen molar-refractivity contribution < 1.29 is 54.0 Å². The molecule has 0 heterocycles. The minimum absolute atomic E-state index is 0. The molecule has 0 fully saturated rings. The first-order valence-electron chi connectivity index (χ1n) is 6.85. The molecule has 0 bridgehead atoms. The van der Waals surface area contributed by atoms with E-state index in [0.29, 0.717) is 12.9 Å². The summed E-state index contributed by atoms with van der Waals surface area (Å²) in [4.78, 5) is 16.5. The van der Waals surface area contributed by atoms with Crippen LogP contribution in [0.2, 0.25) is 15.8 Å². The molecule has 0 spiro atoms. The fourth-order valence-corrected chi connectivity index (χ4v) is 2.80. The molecule has 142 valence electrons. The molecule has 0 rings (SSSR count). The number of rotatable bonds is 5. The molecule has 0 aliphatic rings. The summed E-state index contributed by atoms with van der Waals surface area (Å²) in [5.74, 6) is 0. The summed E-state index contributed by atoms with van der Waals surface area (Å²) >= 11 is -0.171. The monoisotopic (exact) mass is 404 g/mol. The number of ether oxygens (including phenoxy) is 1. The predicted molar refractivity (Wildman–Crippen MR) is 85.1 cm³/mol. The summed E-state index contributed by atoms with van der Waals surface area (Å²) in [5, 5.41) is 18.0. The second-order valence-corrected chi connectivity index (χ2v) is 7.48. The Balaban J connectivity index is -0.0000000406. The van der Waals surface area contributed by atoms with E-state index >= 15 is 0 Å². The van der Waals surface area contributed by atoms with E-state index in [1.54, 1.807) is 0 Å². The zero-order valence-electron chi connectivity index (χ0n) is 14.3. The Morgan fingerprint density at radius 1 is 0.870 bits per heavy atom. The smallest absolute Gasteiger partial charge is 0.665 e. The van der Waals surface area contributed by atoms with Gasteiger partial charge in [0, 0.05) is 13.2 Å². The van der Waals surface area contributed by atoms with Crippen LogP contribution in [0.15, 0.2) is 0 Å². The Labute approximate surface area is 152 Å². The van der Waals surface area contributed by atoms with Crippen molar-refractivity contribution in [1.82, 2.24) is 0 Å².